The Hall–Kier alpha value is -4.01. The summed E-state index contributed by atoms with van der Waals surface area (Å²) in [7, 11) is 0. The van der Waals surface area contributed by atoms with Crippen LogP contribution in [0.5, 0.6) is 5.75 Å². The van der Waals surface area contributed by atoms with Crippen LogP contribution in [0.2, 0.25) is 0 Å². The second-order valence-electron chi connectivity index (χ2n) is 9.41. The van der Waals surface area contributed by atoms with Gasteiger partial charge >= 0.3 is 0 Å². The Bertz CT molecular complexity index is 1630. The molecule has 4 heteroatoms. The smallest absolute Gasteiger partial charge is 0.127 e. The SMILES string of the molecule is C1=Cc2ccc3c(c2=C1)=CCO3.[N-]=[N+]=NCC[C@@H]1C=CC2=C(CC=c3c2ccc2c3=CC=CC2)C1. The number of benzene rings is 2. The molecule has 4 nitrogen and oxygen atoms in total. The van der Waals surface area contributed by atoms with Gasteiger partial charge in [0.2, 0.25) is 0 Å². The van der Waals surface area contributed by atoms with Crippen molar-refractivity contribution < 1.29 is 4.74 Å². The van der Waals surface area contributed by atoms with E-state index in [1.807, 2.05) is 6.07 Å². The van der Waals surface area contributed by atoms with Crippen molar-refractivity contribution in [2.24, 2.45) is 11.0 Å². The quantitative estimate of drug-likeness (QED) is 0.381. The molecule has 2 aromatic carbocycles. The molecule has 4 aliphatic carbocycles. The van der Waals surface area contributed by atoms with Crippen molar-refractivity contribution in [3.8, 4) is 5.75 Å². The maximum Gasteiger partial charge on any atom is 0.127 e. The number of azide groups is 1. The van der Waals surface area contributed by atoms with Gasteiger partial charge in [-0.25, -0.2) is 0 Å². The van der Waals surface area contributed by atoms with Crippen LogP contribution in [-0.2, 0) is 6.42 Å². The molecule has 1 atom stereocenters. The minimum Gasteiger partial charge on any atom is -0.489 e. The number of rotatable bonds is 3. The third-order valence-electron chi connectivity index (χ3n) is 7.39. The molecule has 35 heavy (non-hydrogen) atoms. The summed E-state index contributed by atoms with van der Waals surface area (Å²) in [5.74, 6) is 1.52. The van der Waals surface area contributed by atoms with Crippen LogP contribution in [0.15, 0.2) is 65.3 Å². The first-order valence-corrected chi connectivity index (χ1v) is 12.4. The second-order valence-corrected chi connectivity index (χ2v) is 9.41. The molecule has 172 valence electrons. The Kier molecular flexibility index (Phi) is 5.73. The van der Waals surface area contributed by atoms with Gasteiger partial charge in [0.25, 0.3) is 0 Å². The third kappa shape index (κ3) is 4.07. The predicted molar refractivity (Wildman–Crippen MR) is 144 cm³/mol. The number of allylic oxidation sites excluding steroid dienone is 7. The minimum absolute atomic E-state index is 0.501. The molecule has 0 spiro atoms. The zero-order valence-electron chi connectivity index (χ0n) is 19.7. The lowest BCUT2D eigenvalue weighted by molar-refractivity contribution is 0.385. The molecule has 0 aromatic heterocycles. The van der Waals surface area contributed by atoms with Crippen molar-refractivity contribution in [3.63, 3.8) is 0 Å². The Balaban J connectivity index is 0.000000159. The molecule has 0 bridgehead atoms. The molecule has 2 aromatic rings. The van der Waals surface area contributed by atoms with Crippen molar-refractivity contribution >= 4 is 36.0 Å². The van der Waals surface area contributed by atoms with Crippen LogP contribution in [0.25, 0.3) is 46.4 Å². The van der Waals surface area contributed by atoms with E-state index in [1.54, 1.807) is 0 Å². The lowest BCUT2D eigenvalue weighted by Crippen LogP contribution is -2.34. The van der Waals surface area contributed by atoms with E-state index in [0.29, 0.717) is 12.5 Å². The summed E-state index contributed by atoms with van der Waals surface area (Å²) in [5, 5.41) is 9.04. The van der Waals surface area contributed by atoms with E-state index in [-0.39, 0.29) is 0 Å². The molecular weight excluding hydrogens is 430 g/mol. The average molecular weight is 458 g/mol. The maximum atomic E-state index is 8.41. The van der Waals surface area contributed by atoms with E-state index in [2.05, 4.69) is 89.0 Å². The van der Waals surface area contributed by atoms with Gasteiger partial charge in [0.15, 0.2) is 0 Å². The fraction of sp³-hybridized carbons (Fsp3) is 0.226. The van der Waals surface area contributed by atoms with Crippen molar-refractivity contribution in [3.05, 3.63) is 108 Å². The average Bonchev–Trinajstić information content (AvgIpc) is 3.58. The highest BCUT2D eigenvalue weighted by atomic mass is 16.5. The summed E-state index contributed by atoms with van der Waals surface area (Å²) in [6.07, 6.45) is 26.2. The molecule has 0 unspecified atom stereocenters. The van der Waals surface area contributed by atoms with Crippen LogP contribution in [0.1, 0.15) is 36.0 Å². The van der Waals surface area contributed by atoms with Crippen molar-refractivity contribution in [2.75, 3.05) is 13.2 Å². The molecule has 0 saturated carbocycles. The standard InChI is InChI=1S/C20H19N3.C11H8O/c21-23-22-12-11-14-5-8-18-16(13-14)7-10-19-17-4-2-1-3-15(17)6-9-20(18)19;1-2-8-4-5-11-10(6-7-12-11)9(8)3-1/h1-2,4-6,8-10,14H,3,7,11-13H2;1-6H,7H2/t14-;/m0./s1. The Morgan fingerprint density at radius 1 is 0.943 bits per heavy atom. The summed E-state index contributed by atoms with van der Waals surface area (Å²) in [6, 6.07) is 8.71. The second kappa shape index (κ2) is 9.32. The van der Waals surface area contributed by atoms with Gasteiger partial charge in [0.1, 0.15) is 12.4 Å². The third-order valence-corrected chi connectivity index (χ3v) is 7.39. The number of hydrogen-bond donors (Lipinski definition) is 0. The van der Waals surface area contributed by atoms with Crippen LogP contribution in [-0.4, -0.2) is 13.2 Å². The van der Waals surface area contributed by atoms with Gasteiger partial charge in [-0.1, -0.05) is 83.6 Å². The van der Waals surface area contributed by atoms with Gasteiger partial charge in [-0.05, 0) is 87.2 Å². The molecule has 5 aliphatic rings. The number of nitrogens with zero attached hydrogens (tertiary/aromatic N) is 3. The number of hydrogen-bond acceptors (Lipinski definition) is 2. The van der Waals surface area contributed by atoms with Gasteiger partial charge < -0.3 is 4.74 Å². The monoisotopic (exact) mass is 457 g/mol. The normalized spacial score (nSPS) is 19.0. The van der Waals surface area contributed by atoms with Gasteiger partial charge in [-0.2, -0.15) is 0 Å². The molecule has 0 amide bonds. The fourth-order valence-corrected chi connectivity index (χ4v) is 5.64. The number of ether oxygens (including phenoxy) is 1. The van der Waals surface area contributed by atoms with Crippen LogP contribution >= 0.6 is 0 Å². The highest BCUT2D eigenvalue weighted by Crippen LogP contribution is 2.34. The first-order chi connectivity index (χ1) is 17.3. The molecule has 0 saturated heterocycles. The maximum absolute atomic E-state index is 8.41. The number of fused-ring (bicyclic) bond motifs is 7. The lowest BCUT2D eigenvalue weighted by atomic mass is 9.80. The highest BCUT2D eigenvalue weighted by molar-refractivity contribution is 5.82. The van der Waals surface area contributed by atoms with E-state index in [0.717, 1.165) is 38.0 Å². The summed E-state index contributed by atoms with van der Waals surface area (Å²) >= 11 is 0. The zero-order valence-corrected chi connectivity index (χ0v) is 19.7. The van der Waals surface area contributed by atoms with Crippen LogP contribution < -0.4 is 25.6 Å². The largest absolute Gasteiger partial charge is 0.489 e. The van der Waals surface area contributed by atoms with Gasteiger partial charge in [0, 0.05) is 16.7 Å². The highest BCUT2D eigenvalue weighted by Gasteiger charge is 2.20. The van der Waals surface area contributed by atoms with Crippen molar-refractivity contribution in [2.45, 2.75) is 25.7 Å². The minimum atomic E-state index is 0.501. The first kappa shape index (κ1) is 21.5. The molecule has 0 radical (unpaired) electrons. The van der Waals surface area contributed by atoms with E-state index >= 15 is 0 Å². The summed E-state index contributed by atoms with van der Waals surface area (Å²) in [4.78, 5) is 2.85. The van der Waals surface area contributed by atoms with Gasteiger partial charge in [-0.15, -0.1) is 0 Å². The molecule has 0 fully saturated rings. The topological polar surface area (TPSA) is 58.0 Å². The summed E-state index contributed by atoms with van der Waals surface area (Å²) in [5.41, 5.74) is 15.4. The van der Waals surface area contributed by atoms with E-state index in [4.69, 9.17) is 10.3 Å². The van der Waals surface area contributed by atoms with Gasteiger partial charge in [-0.3, -0.25) is 0 Å². The first-order valence-electron chi connectivity index (χ1n) is 12.4. The molecule has 1 aliphatic heterocycles. The predicted octanol–water partition coefficient (Wildman–Crippen LogP) is 4.46. The van der Waals surface area contributed by atoms with Crippen molar-refractivity contribution in [1.29, 1.82) is 0 Å². The van der Waals surface area contributed by atoms with Crippen LogP contribution in [0, 0.1) is 5.92 Å². The Morgan fingerprint density at radius 3 is 2.83 bits per heavy atom. The Labute approximate surface area is 204 Å². The van der Waals surface area contributed by atoms with E-state index in [1.165, 1.54) is 48.7 Å². The summed E-state index contributed by atoms with van der Waals surface area (Å²) < 4.78 is 5.42. The molecule has 7 rings (SSSR count). The molecular formula is C31H27N3O. The van der Waals surface area contributed by atoms with Gasteiger partial charge in [0.05, 0.1) is 0 Å². The van der Waals surface area contributed by atoms with E-state index in [9.17, 15) is 0 Å². The van der Waals surface area contributed by atoms with E-state index < -0.39 is 0 Å². The molecule has 1 heterocycles. The van der Waals surface area contributed by atoms with Crippen LogP contribution in [0.3, 0.4) is 0 Å². The molecule has 0 N–H and O–H groups in total. The summed E-state index contributed by atoms with van der Waals surface area (Å²) in [6.45, 7) is 1.31. The van der Waals surface area contributed by atoms with Crippen molar-refractivity contribution in [1.82, 2.24) is 0 Å². The van der Waals surface area contributed by atoms with Crippen LogP contribution in [0.4, 0.5) is 0 Å². The fourth-order valence-electron chi connectivity index (χ4n) is 5.64. The zero-order chi connectivity index (χ0) is 23.6. The lowest BCUT2D eigenvalue weighted by Gasteiger charge is -2.25. The Morgan fingerprint density at radius 2 is 1.89 bits per heavy atom.